The highest BCUT2D eigenvalue weighted by molar-refractivity contribution is 7.89. The molecule has 0 spiro atoms. The second-order valence-electron chi connectivity index (χ2n) is 5.07. The Bertz CT molecular complexity index is 773. The van der Waals surface area contributed by atoms with Crippen molar-refractivity contribution in [3.8, 4) is 0 Å². The molecule has 0 aromatic heterocycles. The average molecular weight is 306 g/mol. The van der Waals surface area contributed by atoms with Crippen LogP contribution in [0.5, 0.6) is 0 Å². The molecule has 0 bridgehead atoms. The fourth-order valence-electron chi connectivity index (χ4n) is 2.51. The van der Waals surface area contributed by atoms with Crippen molar-refractivity contribution in [2.24, 2.45) is 0 Å². The summed E-state index contributed by atoms with van der Waals surface area (Å²) in [6.45, 7) is 0.705. The topological polar surface area (TPSA) is 63.4 Å². The number of anilines is 1. The second-order valence-corrected chi connectivity index (χ2v) is 7.01. The number of benzene rings is 2. The van der Waals surface area contributed by atoms with Gasteiger partial charge in [0.2, 0.25) is 10.0 Å². The van der Waals surface area contributed by atoms with Crippen LogP contribution in [0.2, 0.25) is 0 Å². The molecule has 3 rings (SSSR count). The van der Waals surface area contributed by atoms with Crippen molar-refractivity contribution in [1.82, 2.24) is 4.31 Å². The Kier molecular flexibility index (Phi) is 3.43. The third kappa shape index (κ3) is 2.64. The van der Waals surface area contributed by atoms with Gasteiger partial charge in [-0.15, -0.1) is 0 Å². The van der Waals surface area contributed by atoms with Crippen LogP contribution in [0, 0.1) is 5.82 Å². The number of halogens is 1. The Hall–Kier alpha value is -1.92. The van der Waals surface area contributed by atoms with Gasteiger partial charge in [-0.2, -0.15) is 4.31 Å². The Balaban J connectivity index is 1.93. The summed E-state index contributed by atoms with van der Waals surface area (Å²) in [5.41, 5.74) is 8.42. The molecule has 110 valence electrons. The van der Waals surface area contributed by atoms with E-state index in [0.717, 1.165) is 23.3 Å². The van der Waals surface area contributed by atoms with E-state index in [2.05, 4.69) is 0 Å². The van der Waals surface area contributed by atoms with E-state index in [1.807, 2.05) is 18.2 Å². The highest BCUT2D eigenvalue weighted by Crippen LogP contribution is 2.26. The van der Waals surface area contributed by atoms with Crippen molar-refractivity contribution in [3.63, 3.8) is 0 Å². The van der Waals surface area contributed by atoms with Crippen molar-refractivity contribution >= 4 is 15.7 Å². The van der Waals surface area contributed by atoms with E-state index in [1.165, 1.54) is 16.4 Å². The quantitative estimate of drug-likeness (QED) is 0.865. The lowest BCUT2D eigenvalue weighted by Gasteiger charge is -2.28. The van der Waals surface area contributed by atoms with Crippen molar-refractivity contribution in [1.29, 1.82) is 0 Å². The summed E-state index contributed by atoms with van der Waals surface area (Å²) < 4.78 is 39.5. The first-order valence-corrected chi connectivity index (χ1v) is 8.04. The minimum Gasteiger partial charge on any atom is -0.399 e. The summed E-state index contributed by atoms with van der Waals surface area (Å²) in [7, 11) is -3.61. The standard InChI is InChI=1S/C15H15FN2O2S/c16-13-2-5-15(6-3-13)21(19,20)18-8-7-11-1-4-14(17)9-12(11)10-18/h1-6,9H,7-8,10,17H2. The van der Waals surface area contributed by atoms with Crippen molar-refractivity contribution in [2.45, 2.75) is 17.9 Å². The number of fused-ring (bicyclic) bond motifs is 1. The number of sulfonamides is 1. The predicted octanol–water partition coefficient (Wildman–Crippen LogP) is 2.15. The highest BCUT2D eigenvalue weighted by Gasteiger charge is 2.28. The van der Waals surface area contributed by atoms with Crippen LogP contribution in [-0.4, -0.2) is 19.3 Å². The summed E-state index contributed by atoms with van der Waals surface area (Å²) in [6.07, 6.45) is 0.649. The van der Waals surface area contributed by atoms with Gasteiger partial charge in [-0.3, -0.25) is 0 Å². The molecule has 1 aliphatic heterocycles. The van der Waals surface area contributed by atoms with Crippen LogP contribution in [0.4, 0.5) is 10.1 Å². The van der Waals surface area contributed by atoms with Gasteiger partial charge < -0.3 is 5.73 Å². The maximum absolute atomic E-state index is 12.9. The van der Waals surface area contributed by atoms with E-state index in [0.29, 0.717) is 25.2 Å². The zero-order valence-electron chi connectivity index (χ0n) is 11.3. The molecule has 0 fully saturated rings. The Morgan fingerprint density at radius 2 is 1.76 bits per heavy atom. The normalized spacial score (nSPS) is 15.7. The molecule has 1 aliphatic rings. The van der Waals surface area contributed by atoms with Crippen LogP contribution < -0.4 is 5.73 Å². The van der Waals surface area contributed by atoms with Crippen LogP contribution >= 0.6 is 0 Å². The fraction of sp³-hybridized carbons (Fsp3) is 0.200. The molecule has 0 saturated heterocycles. The minimum atomic E-state index is -3.61. The van der Waals surface area contributed by atoms with Gasteiger partial charge in [0.25, 0.3) is 0 Å². The highest BCUT2D eigenvalue weighted by atomic mass is 32.2. The van der Waals surface area contributed by atoms with Gasteiger partial charge in [-0.25, -0.2) is 12.8 Å². The van der Waals surface area contributed by atoms with Crippen LogP contribution in [0.1, 0.15) is 11.1 Å². The number of nitrogen functional groups attached to an aromatic ring is 1. The van der Waals surface area contributed by atoms with Gasteiger partial charge in [0.15, 0.2) is 0 Å². The number of rotatable bonds is 2. The molecule has 2 aromatic rings. The van der Waals surface area contributed by atoms with E-state index in [4.69, 9.17) is 5.73 Å². The van der Waals surface area contributed by atoms with Crippen molar-refractivity contribution in [2.75, 3.05) is 12.3 Å². The first-order chi connectivity index (χ1) is 9.96. The minimum absolute atomic E-state index is 0.108. The first-order valence-electron chi connectivity index (χ1n) is 6.60. The smallest absolute Gasteiger partial charge is 0.243 e. The largest absolute Gasteiger partial charge is 0.399 e. The van der Waals surface area contributed by atoms with Crippen LogP contribution in [0.25, 0.3) is 0 Å². The second kappa shape index (κ2) is 5.13. The molecule has 0 radical (unpaired) electrons. The first kappa shape index (κ1) is 14.0. The average Bonchev–Trinajstić information content (AvgIpc) is 2.47. The number of hydrogen-bond acceptors (Lipinski definition) is 3. The molecule has 0 saturated carbocycles. The van der Waals surface area contributed by atoms with Gasteiger partial charge in [0.05, 0.1) is 4.90 Å². The summed E-state index contributed by atoms with van der Waals surface area (Å²) in [6, 6.07) is 10.5. The Morgan fingerprint density at radius 3 is 2.48 bits per heavy atom. The molecule has 0 atom stereocenters. The van der Waals surface area contributed by atoms with E-state index >= 15 is 0 Å². The van der Waals surface area contributed by atoms with Gasteiger partial charge >= 0.3 is 0 Å². The summed E-state index contributed by atoms with van der Waals surface area (Å²) in [5, 5.41) is 0. The molecule has 0 unspecified atom stereocenters. The maximum Gasteiger partial charge on any atom is 0.243 e. The third-order valence-corrected chi connectivity index (χ3v) is 5.52. The molecule has 0 amide bonds. The zero-order valence-corrected chi connectivity index (χ0v) is 12.1. The van der Waals surface area contributed by atoms with Gasteiger partial charge in [-0.1, -0.05) is 6.07 Å². The van der Waals surface area contributed by atoms with E-state index in [-0.39, 0.29) is 4.90 Å². The van der Waals surface area contributed by atoms with E-state index < -0.39 is 15.8 Å². The lowest BCUT2D eigenvalue weighted by molar-refractivity contribution is 0.391. The molecule has 2 N–H and O–H groups in total. The van der Waals surface area contributed by atoms with Crippen LogP contribution in [0.15, 0.2) is 47.4 Å². The van der Waals surface area contributed by atoms with Gasteiger partial charge in [0.1, 0.15) is 5.82 Å². The SMILES string of the molecule is Nc1ccc2c(c1)CN(S(=O)(=O)c1ccc(F)cc1)CC2. The molecule has 6 heteroatoms. The van der Waals surface area contributed by atoms with Crippen LogP contribution in [0.3, 0.4) is 0 Å². The fourth-order valence-corrected chi connectivity index (χ4v) is 3.93. The van der Waals surface area contributed by atoms with Crippen LogP contribution in [-0.2, 0) is 23.0 Å². The Morgan fingerprint density at radius 1 is 1.05 bits per heavy atom. The lowest BCUT2D eigenvalue weighted by atomic mass is 10.0. The third-order valence-electron chi connectivity index (χ3n) is 3.66. The van der Waals surface area contributed by atoms with E-state index in [1.54, 1.807) is 0 Å². The zero-order chi connectivity index (χ0) is 15.0. The summed E-state index contributed by atoms with van der Waals surface area (Å²) >= 11 is 0. The molecule has 4 nitrogen and oxygen atoms in total. The molecule has 1 heterocycles. The molecule has 0 aliphatic carbocycles. The number of nitrogens with two attached hydrogens (primary N) is 1. The predicted molar refractivity (Wildman–Crippen MR) is 78.6 cm³/mol. The molecule has 2 aromatic carbocycles. The number of nitrogens with zero attached hydrogens (tertiary/aromatic N) is 1. The molecule has 21 heavy (non-hydrogen) atoms. The summed E-state index contributed by atoms with van der Waals surface area (Å²) in [5.74, 6) is -0.453. The van der Waals surface area contributed by atoms with Crippen molar-refractivity contribution < 1.29 is 12.8 Å². The van der Waals surface area contributed by atoms with Gasteiger partial charge in [-0.05, 0) is 53.9 Å². The Labute approximate surface area is 123 Å². The van der Waals surface area contributed by atoms with E-state index in [9.17, 15) is 12.8 Å². The summed E-state index contributed by atoms with van der Waals surface area (Å²) in [4.78, 5) is 0.108. The monoisotopic (exact) mass is 306 g/mol. The number of hydrogen-bond donors (Lipinski definition) is 1. The van der Waals surface area contributed by atoms with Gasteiger partial charge in [0, 0.05) is 18.8 Å². The maximum atomic E-state index is 12.9. The molecular weight excluding hydrogens is 291 g/mol. The van der Waals surface area contributed by atoms with Crippen molar-refractivity contribution in [3.05, 3.63) is 59.4 Å². The lowest BCUT2D eigenvalue weighted by Crippen LogP contribution is -2.36. The molecular formula is C15H15FN2O2S.